The predicted octanol–water partition coefficient (Wildman–Crippen LogP) is 3.80. The Hall–Kier alpha value is -5.22. The summed E-state index contributed by atoms with van der Waals surface area (Å²) in [4.78, 5) is 24.6. The molecule has 14 heteroatoms. The van der Waals surface area contributed by atoms with Crippen LogP contribution in [0.3, 0.4) is 0 Å². The number of hydrogen-bond acceptors (Lipinski definition) is 11. The summed E-state index contributed by atoms with van der Waals surface area (Å²) in [5.41, 5.74) is 2.58. The third kappa shape index (κ3) is 6.97. The van der Waals surface area contributed by atoms with Gasteiger partial charge in [0.05, 0.1) is 35.9 Å². The van der Waals surface area contributed by atoms with E-state index in [2.05, 4.69) is 28.1 Å². The molecular formula is C33H26BrN3O10. The van der Waals surface area contributed by atoms with Gasteiger partial charge < -0.3 is 39.4 Å². The summed E-state index contributed by atoms with van der Waals surface area (Å²) in [7, 11) is 1.48. The number of allylic oxidation sites excluding steroid dienone is 1. The van der Waals surface area contributed by atoms with Crippen LogP contribution in [-0.4, -0.2) is 74.9 Å². The SMILES string of the molecule is COc1ccc(C#N)cc1/C=C(\C#N)c1cn(C(=O)OCc2ccc(O[C@@H]3O[C@H](C(=O)O)[C@@H](O)[C@H](O)[C@H]3O)cc2)c2ccc(Br)cc12. The average molecular weight is 704 g/mol. The van der Waals surface area contributed by atoms with E-state index in [1.807, 2.05) is 0 Å². The monoisotopic (exact) mass is 703 g/mol. The van der Waals surface area contributed by atoms with Gasteiger partial charge in [-0.3, -0.25) is 4.57 Å². The van der Waals surface area contributed by atoms with Crippen molar-refractivity contribution in [3.05, 3.63) is 93.6 Å². The number of carboxylic acids is 1. The second kappa shape index (κ2) is 14.0. The third-order valence-electron chi connectivity index (χ3n) is 7.38. The number of fused-ring (bicyclic) bond motifs is 1. The Labute approximate surface area is 275 Å². The Morgan fingerprint density at radius 1 is 1.02 bits per heavy atom. The predicted molar refractivity (Wildman–Crippen MR) is 168 cm³/mol. The number of aliphatic carboxylic acids is 1. The number of halogens is 1. The second-order valence-corrected chi connectivity index (χ2v) is 11.3. The molecule has 240 valence electrons. The van der Waals surface area contributed by atoms with Crippen LogP contribution >= 0.6 is 15.9 Å². The molecule has 3 aromatic carbocycles. The second-order valence-electron chi connectivity index (χ2n) is 10.4. The van der Waals surface area contributed by atoms with Gasteiger partial charge in [0.25, 0.3) is 0 Å². The highest BCUT2D eigenvalue weighted by Gasteiger charge is 2.48. The molecule has 0 spiro atoms. The number of nitriles is 2. The molecule has 4 aromatic rings. The van der Waals surface area contributed by atoms with Crippen LogP contribution in [0.15, 0.2) is 71.3 Å². The molecule has 47 heavy (non-hydrogen) atoms. The molecule has 5 rings (SSSR count). The molecule has 0 unspecified atom stereocenters. The van der Waals surface area contributed by atoms with Crippen LogP contribution in [0.1, 0.15) is 22.3 Å². The Balaban J connectivity index is 1.34. The molecule has 0 radical (unpaired) electrons. The van der Waals surface area contributed by atoms with Crippen LogP contribution in [-0.2, 0) is 20.9 Å². The lowest BCUT2D eigenvalue weighted by atomic mass is 9.99. The third-order valence-corrected chi connectivity index (χ3v) is 7.88. The summed E-state index contributed by atoms with van der Waals surface area (Å²) in [5.74, 6) is -0.924. The number of hydrogen-bond donors (Lipinski definition) is 4. The molecule has 5 atom stereocenters. The van der Waals surface area contributed by atoms with Gasteiger partial charge in [-0.2, -0.15) is 10.5 Å². The summed E-state index contributed by atoms with van der Waals surface area (Å²) >= 11 is 3.44. The first-order valence-corrected chi connectivity index (χ1v) is 14.7. The van der Waals surface area contributed by atoms with Gasteiger partial charge in [0.15, 0.2) is 6.10 Å². The molecule has 0 saturated carbocycles. The first-order chi connectivity index (χ1) is 22.5. The Morgan fingerprint density at radius 3 is 2.43 bits per heavy atom. The number of rotatable bonds is 8. The van der Waals surface area contributed by atoms with Crippen molar-refractivity contribution in [1.82, 2.24) is 4.57 Å². The number of ether oxygens (including phenoxy) is 4. The molecule has 1 aliphatic rings. The van der Waals surface area contributed by atoms with Gasteiger partial charge >= 0.3 is 12.1 Å². The van der Waals surface area contributed by atoms with E-state index in [0.29, 0.717) is 38.9 Å². The van der Waals surface area contributed by atoms with Gasteiger partial charge in [-0.05, 0) is 60.2 Å². The molecule has 0 aliphatic carbocycles. The van der Waals surface area contributed by atoms with Crippen molar-refractivity contribution < 1.29 is 49.0 Å². The summed E-state index contributed by atoms with van der Waals surface area (Å²) in [6, 6.07) is 20.3. The number of benzene rings is 3. The molecule has 1 aliphatic heterocycles. The van der Waals surface area contributed by atoms with Gasteiger partial charge in [0.2, 0.25) is 6.29 Å². The molecular weight excluding hydrogens is 678 g/mol. The summed E-state index contributed by atoms with van der Waals surface area (Å²) in [5, 5.41) is 59.3. The van der Waals surface area contributed by atoms with Crippen LogP contribution in [0, 0.1) is 22.7 Å². The van der Waals surface area contributed by atoms with Crippen molar-refractivity contribution in [2.75, 3.05) is 7.11 Å². The first kappa shape index (κ1) is 33.2. The van der Waals surface area contributed by atoms with E-state index >= 15 is 0 Å². The fraction of sp³-hybridized carbons (Fsp3) is 0.212. The molecule has 4 N–H and O–H groups in total. The van der Waals surface area contributed by atoms with E-state index in [0.717, 1.165) is 4.47 Å². The lowest BCUT2D eigenvalue weighted by molar-refractivity contribution is -0.271. The van der Waals surface area contributed by atoms with Crippen molar-refractivity contribution in [3.8, 4) is 23.6 Å². The minimum Gasteiger partial charge on any atom is -0.496 e. The van der Waals surface area contributed by atoms with Crippen molar-refractivity contribution in [2.24, 2.45) is 0 Å². The van der Waals surface area contributed by atoms with E-state index in [1.54, 1.807) is 54.6 Å². The van der Waals surface area contributed by atoms with E-state index in [-0.39, 0.29) is 17.9 Å². The van der Waals surface area contributed by atoms with Gasteiger partial charge in [-0.1, -0.05) is 28.1 Å². The maximum atomic E-state index is 13.3. The van der Waals surface area contributed by atoms with Crippen molar-refractivity contribution in [1.29, 1.82) is 10.5 Å². The highest BCUT2D eigenvalue weighted by Crippen LogP contribution is 2.33. The normalized spacial score (nSPS) is 21.0. The quantitative estimate of drug-likeness (QED) is 0.194. The fourth-order valence-corrected chi connectivity index (χ4v) is 5.33. The number of carboxylic acid groups (broad SMARTS) is 1. The number of aliphatic hydroxyl groups is 3. The largest absolute Gasteiger partial charge is 0.496 e. The lowest BCUT2D eigenvalue weighted by Gasteiger charge is -2.38. The smallest absolute Gasteiger partial charge is 0.418 e. The van der Waals surface area contributed by atoms with E-state index in [1.165, 1.54) is 30.0 Å². The molecule has 1 aromatic heterocycles. The number of aromatic nitrogens is 1. The van der Waals surface area contributed by atoms with Crippen molar-refractivity contribution in [3.63, 3.8) is 0 Å². The lowest BCUT2D eigenvalue weighted by Crippen LogP contribution is -2.61. The van der Waals surface area contributed by atoms with Crippen LogP contribution in [0.4, 0.5) is 4.79 Å². The van der Waals surface area contributed by atoms with Crippen LogP contribution < -0.4 is 9.47 Å². The number of methoxy groups -OCH3 is 1. The topological polar surface area (TPSA) is 204 Å². The maximum Gasteiger partial charge on any atom is 0.418 e. The average Bonchev–Trinajstić information content (AvgIpc) is 3.45. The number of nitrogens with zero attached hydrogens (tertiary/aromatic N) is 3. The van der Waals surface area contributed by atoms with Gasteiger partial charge in [-0.25, -0.2) is 9.59 Å². The molecule has 13 nitrogen and oxygen atoms in total. The van der Waals surface area contributed by atoms with Gasteiger partial charge in [0, 0.05) is 27.2 Å². The summed E-state index contributed by atoms with van der Waals surface area (Å²) in [6.07, 6.45) is -6.40. The Kier molecular flexibility index (Phi) is 9.91. The van der Waals surface area contributed by atoms with Crippen LogP contribution in [0.2, 0.25) is 0 Å². The highest BCUT2D eigenvalue weighted by molar-refractivity contribution is 9.10. The zero-order chi connectivity index (χ0) is 33.8. The number of aliphatic hydroxyl groups excluding tert-OH is 3. The molecule has 1 saturated heterocycles. The molecule has 0 amide bonds. The summed E-state index contributed by atoms with van der Waals surface area (Å²) in [6.45, 7) is -0.154. The molecule has 2 heterocycles. The van der Waals surface area contributed by atoms with E-state index < -0.39 is 42.8 Å². The Bertz CT molecular complexity index is 1940. The van der Waals surface area contributed by atoms with Crippen molar-refractivity contribution in [2.45, 2.75) is 37.3 Å². The first-order valence-electron chi connectivity index (χ1n) is 13.9. The Morgan fingerprint density at radius 2 is 1.77 bits per heavy atom. The standard InChI is InChI=1S/C33H26BrN3O10/c1-44-26-9-4-18(13-35)10-19(26)11-20(14-36)24-15-37(25-8-5-21(34)12-23(24)25)33(43)45-16-17-2-6-22(7-3-17)46-32-29(40)27(38)28(39)30(47-32)31(41)42/h2-12,15,27-30,32,38-40H,16H2,1H3,(H,41,42)/b20-11+/t27-,28-,29+,30-,32+/m0/s1. The number of carbonyl (C=O) groups is 2. The van der Waals surface area contributed by atoms with E-state index in [9.17, 15) is 40.5 Å². The zero-order valence-corrected chi connectivity index (χ0v) is 26.1. The fourth-order valence-electron chi connectivity index (χ4n) is 4.97. The van der Waals surface area contributed by atoms with Crippen LogP contribution in [0.25, 0.3) is 22.6 Å². The van der Waals surface area contributed by atoms with E-state index in [4.69, 9.17) is 18.9 Å². The zero-order valence-electron chi connectivity index (χ0n) is 24.5. The van der Waals surface area contributed by atoms with Gasteiger partial charge in [-0.15, -0.1) is 0 Å². The number of carbonyl (C=O) groups excluding carboxylic acids is 1. The van der Waals surface area contributed by atoms with Crippen LogP contribution in [0.5, 0.6) is 11.5 Å². The van der Waals surface area contributed by atoms with Crippen molar-refractivity contribution >= 4 is 50.5 Å². The maximum absolute atomic E-state index is 13.3. The minimum absolute atomic E-state index is 0.149. The summed E-state index contributed by atoms with van der Waals surface area (Å²) < 4.78 is 23.6. The molecule has 0 bridgehead atoms. The van der Waals surface area contributed by atoms with Gasteiger partial charge in [0.1, 0.15) is 36.4 Å². The minimum atomic E-state index is -1.85. The molecule has 1 fully saturated rings. The highest BCUT2D eigenvalue weighted by atomic mass is 79.9.